The maximum Gasteiger partial charge on any atom is 0.195 e. The summed E-state index contributed by atoms with van der Waals surface area (Å²) in [7, 11) is 1.63. The number of nitrogens with two attached hydrogens (primary N) is 1. The number of rotatable bonds is 4. The summed E-state index contributed by atoms with van der Waals surface area (Å²) in [5, 5.41) is 0. The molecule has 92 valence electrons. The summed E-state index contributed by atoms with van der Waals surface area (Å²) in [5.74, 6) is 1.51. The van der Waals surface area contributed by atoms with E-state index in [1.165, 1.54) is 0 Å². The Morgan fingerprint density at radius 2 is 2.18 bits per heavy atom. The van der Waals surface area contributed by atoms with Crippen molar-refractivity contribution in [1.29, 1.82) is 0 Å². The van der Waals surface area contributed by atoms with Crippen molar-refractivity contribution in [3.8, 4) is 5.75 Å². The lowest BCUT2D eigenvalue weighted by Crippen LogP contribution is -2.32. The van der Waals surface area contributed by atoms with E-state index in [-0.39, 0.29) is 5.54 Å². The van der Waals surface area contributed by atoms with E-state index >= 15 is 0 Å². The summed E-state index contributed by atoms with van der Waals surface area (Å²) in [4.78, 5) is 4.41. The minimum absolute atomic E-state index is 0.196. The number of aromatic nitrogens is 1. The van der Waals surface area contributed by atoms with E-state index < -0.39 is 0 Å². The third-order valence-electron chi connectivity index (χ3n) is 2.62. The van der Waals surface area contributed by atoms with Crippen molar-refractivity contribution in [1.82, 2.24) is 4.98 Å². The highest BCUT2D eigenvalue weighted by molar-refractivity contribution is 5.74. The number of hydrogen-bond acceptors (Lipinski definition) is 4. The molecular weight excluding hydrogens is 216 g/mol. The van der Waals surface area contributed by atoms with Crippen molar-refractivity contribution in [2.75, 3.05) is 7.11 Å². The number of fused-ring (bicyclic) bond motifs is 1. The van der Waals surface area contributed by atoms with Crippen LogP contribution in [0.15, 0.2) is 22.6 Å². The molecule has 0 aliphatic rings. The Morgan fingerprint density at radius 1 is 1.41 bits per heavy atom. The summed E-state index contributed by atoms with van der Waals surface area (Å²) in [5.41, 5.74) is 7.35. The number of benzene rings is 1. The van der Waals surface area contributed by atoms with Crippen LogP contribution in [0.3, 0.4) is 0 Å². The van der Waals surface area contributed by atoms with Gasteiger partial charge in [-0.15, -0.1) is 0 Å². The number of hydrogen-bond donors (Lipinski definition) is 1. The van der Waals surface area contributed by atoms with Gasteiger partial charge in [0.1, 0.15) is 11.3 Å². The second kappa shape index (κ2) is 4.37. The molecule has 0 radical (unpaired) electrons. The van der Waals surface area contributed by atoms with E-state index in [0.29, 0.717) is 0 Å². The molecular formula is C13H18N2O2. The number of aryl methyl sites for hydroxylation is 1. The molecule has 0 unspecified atom stereocenters. The van der Waals surface area contributed by atoms with Crippen LogP contribution in [0.1, 0.15) is 26.2 Å². The molecule has 0 aliphatic carbocycles. The third-order valence-corrected chi connectivity index (χ3v) is 2.62. The maximum atomic E-state index is 5.93. The molecule has 4 heteroatoms. The standard InChI is InChI=1S/C13H18N2O2/c1-13(2,14)7-6-12-15-10-5-4-9(16-3)8-11(10)17-12/h4-5,8H,6-7,14H2,1-3H3. The lowest BCUT2D eigenvalue weighted by molar-refractivity contribution is 0.413. The number of nitrogens with zero attached hydrogens (tertiary/aromatic N) is 1. The zero-order chi connectivity index (χ0) is 12.5. The molecule has 0 saturated carbocycles. The lowest BCUT2D eigenvalue weighted by atomic mass is 10.0. The largest absolute Gasteiger partial charge is 0.497 e. The molecule has 0 bridgehead atoms. The normalized spacial score (nSPS) is 12.0. The van der Waals surface area contributed by atoms with Crippen LogP contribution in [0, 0.1) is 0 Å². The van der Waals surface area contributed by atoms with E-state index in [9.17, 15) is 0 Å². The van der Waals surface area contributed by atoms with Crippen LogP contribution in [-0.4, -0.2) is 17.6 Å². The lowest BCUT2D eigenvalue weighted by Gasteiger charge is -2.16. The van der Waals surface area contributed by atoms with Crippen molar-refractivity contribution in [3.05, 3.63) is 24.1 Å². The van der Waals surface area contributed by atoms with E-state index in [2.05, 4.69) is 4.98 Å². The monoisotopic (exact) mass is 234 g/mol. The summed E-state index contributed by atoms with van der Waals surface area (Å²) in [6.07, 6.45) is 1.59. The van der Waals surface area contributed by atoms with Gasteiger partial charge in [-0.3, -0.25) is 0 Å². The van der Waals surface area contributed by atoms with E-state index in [4.69, 9.17) is 14.9 Å². The van der Waals surface area contributed by atoms with Crippen molar-refractivity contribution in [2.24, 2.45) is 5.73 Å². The topological polar surface area (TPSA) is 61.3 Å². The first kappa shape index (κ1) is 11.9. The second-order valence-electron chi connectivity index (χ2n) is 4.93. The molecule has 0 amide bonds. The minimum atomic E-state index is -0.196. The van der Waals surface area contributed by atoms with E-state index in [1.54, 1.807) is 7.11 Å². The molecule has 0 fully saturated rings. The van der Waals surface area contributed by atoms with Gasteiger partial charge in [0, 0.05) is 18.0 Å². The molecule has 2 rings (SSSR count). The predicted octanol–water partition coefficient (Wildman–Crippen LogP) is 2.51. The fourth-order valence-electron chi connectivity index (χ4n) is 1.62. The Hall–Kier alpha value is -1.55. The van der Waals surface area contributed by atoms with Gasteiger partial charge in [-0.2, -0.15) is 0 Å². The van der Waals surface area contributed by atoms with Gasteiger partial charge in [0.2, 0.25) is 0 Å². The van der Waals surface area contributed by atoms with E-state index in [0.717, 1.165) is 35.6 Å². The van der Waals surface area contributed by atoms with Crippen LogP contribution < -0.4 is 10.5 Å². The first-order valence-corrected chi connectivity index (χ1v) is 5.70. The van der Waals surface area contributed by atoms with Gasteiger partial charge in [-0.25, -0.2) is 4.98 Å². The van der Waals surface area contributed by atoms with Crippen LogP contribution in [-0.2, 0) is 6.42 Å². The Bertz CT molecular complexity index is 512. The predicted molar refractivity (Wildman–Crippen MR) is 67.1 cm³/mol. The molecule has 4 nitrogen and oxygen atoms in total. The summed E-state index contributed by atoms with van der Waals surface area (Å²) in [6, 6.07) is 5.62. The number of methoxy groups -OCH3 is 1. The molecule has 0 spiro atoms. The van der Waals surface area contributed by atoms with Crippen LogP contribution in [0.5, 0.6) is 5.75 Å². The van der Waals surface area contributed by atoms with Crippen LogP contribution in [0.25, 0.3) is 11.1 Å². The Kier molecular flexibility index (Phi) is 3.07. The molecule has 0 saturated heterocycles. The van der Waals surface area contributed by atoms with Gasteiger partial charge in [0.25, 0.3) is 0 Å². The molecule has 1 heterocycles. The van der Waals surface area contributed by atoms with Crippen molar-refractivity contribution < 1.29 is 9.15 Å². The molecule has 1 aromatic heterocycles. The Labute approximate surface area is 101 Å². The molecule has 17 heavy (non-hydrogen) atoms. The van der Waals surface area contributed by atoms with Gasteiger partial charge in [-0.05, 0) is 32.4 Å². The number of ether oxygens (including phenoxy) is 1. The summed E-state index contributed by atoms with van der Waals surface area (Å²) in [6.45, 7) is 4.00. The van der Waals surface area contributed by atoms with Gasteiger partial charge in [-0.1, -0.05) is 0 Å². The minimum Gasteiger partial charge on any atom is -0.497 e. The SMILES string of the molecule is COc1ccc2nc(CCC(C)(C)N)oc2c1. The highest BCUT2D eigenvalue weighted by Crippen LogP contribution is 2.22. The maximum absolute atomic E-state index is 5.93. The van der Waals surface area contributed by atoms with Crippen LogP contribution in [0.2, 0.25) is 0 Å². The van der Waals surface area contributed by atoms with Gasteiger partial charge in [0.15, 0.2) is 11.5 Å². The third kappa shape index (κ3) is 2.97. The summed E-state index contributed by atoms with van der Waals surface area (Å²) < 4.78 is 10.8. The second-order valence-corrected chi connectivity index (χ2v) is 4.93. The quantitative estimate of drug-likeness (QED) is 0.883. The van der Waals surface area contributed by atoms with Crippen molar-refractivity contribution >= 4 is 11.1 Å². The van der Waals surface area contributed by atoms with Crippen molar-refractivity contribution in [2.45, 2.75) is 32.2 Å². The molecule has 2 N–H and O–H groups in total. The Balaban J connectivity index is 2.20. The van der Waals surface area contributed by atoms with Gasteiger partial charge < -0.3 is 14.9 Å². The first-order valence-electron chi connectivity index (χ1n) is 5.70. The zero-order valence-electron chi connectivity index (χ0n) is 10.5. The van der Waals surface area contributed by atoms with E-state index in [1.807, 2.05) is 32.0 Å². The highest BCUT2D eigenvalue weighted by Gasteiger charge is 2.13. The van der Waals surface area contributed by atoms with Crippen molar-refractivity contribution in [3.63, 3.8) is 0 Å². The average molecular weight is 234 g/mol. The zero-order valence-corrected chi connectivity index (χ0v) is 10.5. The van der Waals surface area contributed by atoms with Gasteiger partial charge >= 0.3 is 0 Å². The molecule has 0 aliphatic heterocycles. The van der Waals surface area contributed by atoms with Crippen LogP contribution in [0.4, 0.5) is 0 Å². The summed E-state index contributed by atoms with van der Waals surface area (Å²) >= 11 is 0. The van der Waals surface area contributed by atoms with Gasteiger partial charge in [0.05, 0.1) is 7.11 Å². The molecule has 2 aromatic rings. The fourth-order valence-corrected chi connectivity index (χ4v) is 1.62. The first-order chi connectivity index (χ1) is 7.98. The molecule has 1 aromatic carbocycles. The van der Waals surface area contributed by atoms with Crippen LogP contribution >= 0.6 is 0 Å². The Morgan fingerprint density at radius 3 is 2.82 bits per heavy atom. The average Bonchev–Trinajstić information content (AvgIpc) is 2.66. The fraction of sp³-hybridized carbons (Fsp3) is 0.462. The highest BCUT2D eigenvalue weighted by atomic mass is 16.5. The number of oxazole rings is 1. The smallest absolute Gasteiger partial charge is 0.195 e. The molecule has 0 atom stereocenters.